The Morgan fingerprint density at radius 2 is 1.83 bits per heavy atom. The second-order valence-electron chi connectivity index (χ2n) is 5.06. The smallest absolute Gasteiger partial charge is 0.335 e. The molecule has 5 nitrogen and oxygen atoms in total. The lowest BCUT2D eigenvalue weighted by molar-refractivity contribution is 0.0697. The Hall–Kier alpha value is -2.17. The average molecular weight is 246 g/mol. The molecule has 0 spiro atoms. The maximum atomic E-state index is 10.7. The first kappa shape index (κ1) is 12.3. The van der Waals surface area contributed by atoms with E-state index in [1.165, 1.54) is 12.1 Å². The predicted molar refractivity (Wildman–Crippen MR) is 65.4 cm³/mol. The van der Waals surface area contributed by atoms with Gasteiger partial charge in [0.25, 0.3) is 0 Å². The summed E-state index contributed by atoms with van der Waals surface area (Å²) in [5.74, 6) is 0.0710. The van der Waals surface area contributed by atoms with Crippen molar-refractivity contribution in [1.29, 1.82) is 0 Å². The molecule has 1 aromatic carbocycles. The first-order chi connectivity index (χ1) is 8.38. The van der Waals surface area contributed by atoms with Crippen LogP contribution in [0.15, 0.2) is 28.8 Å². The van der Waals surface area contributed by atoms with E-state index in [0.29, 0.717) is 11.7 Å². The van der Waals surface area contributed by atoms with E-state index in [4.69, 9.17) is 9.63 Å². The predicted octanol–water partition coefficient (Wildman–Crippen LogP) is 2.73. The Morgan fingerprint density at radius 1 is 1.22 bits per heavy atom. The van der Waals surface area contributed by atoms with Crippen LogP contribution in [0.25, 0.3) is 11.4 Å². The fourth-order valence-electron chi connectivity index (χ4n) is 1.41. The van der Waals surface area contributed by atoms with Crippen molar-refractivity contribution >= 4 is 5.97 Å². The quantitative estimate of drug-likeness (QED) is 0.881. The van der Waals surface area contributed by atoms with Gasteiger partial charge in [0.15, 0.2) is 0 Å². The van der Waals surface area contributed by atoms with Gasteiger partial charge in [0, 0.05) is 11.0 Å². The summed E-state index contributed by atoms with van der Waals surface area (Å²) >= 11 is 0. The maximum absolute atomic E-state index is 10.7. The van der Waals surface area contributed by atoms with Crippen molar-refractivity contribution in [2.45, 2.75) is 26.2 Å². The van der Waals surface area contributed by atoms with Gasteiger partial charge in [0.2, 0.25) is 11.7 Å². The number of hydrogen-bond acceptors (Lipinski definition) is 4. The highest BCUT2D eigenvalue weighted by Gasteiger charge is 2.22. The molecule has 18 heavy (non-hydrogen) atoms. The van der Waals surface area contributed by atoms with E-state index in [0.717, 1.165) is 5.56 Å². The molecule has 0 aliphatic rings. The van der Waals surface area contributed by atoms with E-state index in [1.807, 2.05) is 20.8 Å². The number of benzene rings is 1. The first-order valence-corrected chi connectivity index (χ1v) is 5.56. The topological polar surface area (TPSA) is 76.2 Å². The summed E-state index contributed by atoms with van der Waals surface area (Å²) in [5.41, 5.74) is 0.768. The van der Waals surface area contributed by atoms with E-state index in [2.05, 4.69) is 10.1 Å². The zero-order valence-corrected chi connectivity index (χ0v) is 10.5. The van der Waals surface area contributed by atoms with Gasteiger partial charge in [-0.3, -0.25) is 0 Å². The number of aromatic carboxylic acids is 1. The third-order valence-electron chi connectivity index (χ3n) is 2.46. The minimum atomic E-state index is -0.954. The molecule has 0 bridgehead atoms. The molecule has 5 heteroatoms. The van der Waals surface area contributed by atoms with E-state index in [-0.39, 0.29) is 11.0 Å². The van der Waals surface area contributed by atoms with Crippen LogP contribution in [0.3, 0.4) is 0 Å². The van der Waals surface area contributed by atoms with Crippen LogP contribution in [0, 0.1) is 0 Å². The van der Waals surface area contributed by atoms with Gasteiger partial charge in [-0.05, 0) is 12.1 Å². The SMILES string of the molecule is CC(C)(C)c1nc(-c2ccc(C(=O)O)cc2)no1. The van der Waals surface area contributed by atoms with Crippen LogP contribution < -0.4 is 0 Å². The highest BCUT2D eigenvalue weighted by molar-refractivity contribution is 5.88. The van der Waals surface area contributed by atoms with Crippen LogP contribution >= 0.6 is 0 Å². The highest BCUT2D eigenvalue weighted by atomic mass is 16.5. The zero-order valence-electron chi connectivity index (χ0n) is 10.5. The largest absolute Gasteiger partial charge is 0.478 e. The van der Waals surface area contributed by atoms with Crippen molar-refractivity contribution in [2.75, 3.05) is 0 Å². The van der Waals surface area contributed by atoms with Crippen molar-refractivity contribution in [2.24, 2.45) is 0 Å². The van der Waals surface area contributed by atoms with Gasteiger partial charge in [-0.1, -0.05) is 38.1 Å². The molecule has 2 aromatic rings. The van der Waals surface area contributed by atoms with Crippen LogP contribution in [0.2, 0.25) is 0 Å². The minimum absolute atomic E-state index is 0.202. The second kappa shape index (κ2) is 4.25. The van der Waals surface area contributed by atoms with E-state index >= 15 is 0 Å². The minimum Gasteiger partial charge on any atom is -0.478 e. The highest BCUT2D eigenvalue weighted by Crippen LogP contribution is 2.23. The van der Waals surface area contributed by atoms with E-state index in [9.17, 15) is 4.79 Å². The molecule has 0 fully saturated rings. The zero-order chi connectivity index (χ0) is 13.3. The molecule has 0 aliphatic carbocycles. The van der Waals surface area contributed by atoms with Gasteiger partial charge < -0.3 is 9.63 Å². The number of carbonyl (C=O) groups is 1. The molecule has 0 saturated heterocycles. The van der Waals surface area contributed by atoms with Crippen LogP contribution in [0.5, 0.6) is 0 Å². The maximum Gasteiger partial charge on any atom is 0.335 e. The molecule has 0 atom stereocenters. The van der Waals surface area contributed by atoms with Crippen molar-refractivity contribution in [3.05, 3.63) is 35.7 Å². The molecule has 1 N–H and O–H groups in total. The molecule has 94 valence electrons. The van der Waals surface area contributed by atoms with Crippen LogP contribution in [-0.4, -0.2) is 21.2 Å². The van der Waals surface area contributed by atoms with Gasteiger partial charge in [0.1, 0.15) is 0 Å². The number of carboxylic acids is 1. The van der Waals surface area contributed by atoms with Crippen LogP contribution in [0.1, 0.15) is 37.0 Å². The fourth-order valence-corrected chi connectivity index (χ4v) is 1.41. The Morgan fingerprint density at radius 3 is 2.28 bits per heavy atom. The molecular formula is C13H14N2O3. The Labute approximate surface area is 104 Å². The number of carboxylic acid groups (broad SMARTS) is 1. The summed E-state index contributed by atoms with van der Waals surface area (Å²) in [6.07, 6.45) is 0. The summed E-state index contributed by atoms with van der Waals surface area (Å²) in [4.78, 5) is 15.0. The lowest BCUT2D eigenvalue weighted by Gasteiger charge is -2.10. The Bertz CT molecular complexity index is 565. The molecular weight excluding hydrogens is 232 g/mol. The number of hydrogen-bond donors (Lipinski definition) is 1. The summed E-state index contributed by atoms with van der Waals surface area (Å²) in [7, 11) is 0. The monoisotopic (exact) mass is 246 g/mol. The standard InChI is InChI=1S/C13H14N2O3/c1-13(2,3)12-14-10(15-18-12)8-4-6-9(7-5-8)11(16)17/h4-7H,1-3H3,(H,16,17). The normalized spacial score (nSPS) is 11.5. The molecule has 1 aromatic heterocycles. The molecule has 0 saturated carbocycles. The van der Waals surface area contributed by atoms with Gasteiger partial charge in [-0.25, -0.2) is 4.79 Å². The van der Waals surface area contributed by atoms with Crippen LogP contribution in [-0.2, 0) is 5.41 Å². The number of rotatable bonds is 2. The third-order valence-corrected chi connectivity index (χ3v) is 2.46. The number of aromatic nitrogens is 2. The summed E-state index contributed by atoms with van der Waals surface area (Å²) in [6, 6.07) is 6.37. The van der Waals surface area contributed by atoms with Crippen molar-refractivity contribution in [3.8, 4) is 11.4 Å². The summed E-state index contributed by atoms with van der Waals surface area (Å²) in [5, 5.41) is 12.7. The van der Waals surface area contributed by atoms with Gasteiger partial charge in [-0.15, -0.1) is 0 Å². The molecule has 1 heterocycles. The lowest BCUT2D eigenvalue weighted by atomic mass is 9.97. The Balaban J connectivity index is 2.32. The fraction of sp³-hybridized carbons (Fsp3) is 0.308. The Kier molecular flexibility index (Phi) is 2.90. The number of nitrogens with zero attached hydrogens (tertiary/aromatic N) is 2. The van der Waals surface area contributed by atoms with Crippen molar-refractivity contribution in [3.63, 3.8) is 0 Å². The summed E-state index contributed by atoms with van der Waals surface area (Å²) < 4.78 is 5.18. The van der Waals surface area contributed by atoms with Gasteiger partial charge >= 0.3 is 5.97 Å². The molecule has 0 unspecified atom stereocenters. The van der Waals surface area contributed by atoms with E-state index < -0.39 is 5.97 Å². The van der Waals surface area contributed by atoms with Crippen molar-refractivity contribution < 1.29 is 14.4 Å². The van der Waals surface area contributed by atoms with Gasteiger partial charge in [-0.2, -0.15) is 4.98 Å². The third kappa shape index (κ3) is 2.40. The molecule has 0 aliphatic heterocycles. The molecule has 0 amide bonds. The average Bonchev–Trinajstić information content (AvgIpc) is 2.78. The molecule has 0 radical (unpaired) electrons. The van der Waals surface area contributed by atoms with Gasteiger partial charge in [0.05, 0.1) is 5.56 Å². The summed E-state index contributed by atoms with van der Waals surface area (Å²) in [6.45, 7) is 5.95. The van der Waals surface area contributed by atoms with Crippen LogP contribution in [0.4, 0.5) is 0 Å². The first-order valence-electron chi connectivity index (χ1n) is 5.56. The molecule has 2 rings (SSSR count). The second-order valence-corrected chi connectivity index (χ2v) is 5.06. The lowest BCUT2D eigenvalue weighted by Crippen LogP contribution is -2.11. The van der Waals surface area contributed by atoms with Crippen molar-refractivity contribution in [1.82, 2.24) is 10.1 Å². The van der Waals surface area contributed by atoms with E-state index in [1.54, 1.807) is 12.1 Å².